The maximum Gasteiger partial charge on any atom is 0.309 e. The average Bonchev–Trinajstić information content (AvgIpc) is 2.47. The van der Waals surface area contributed by atoms with Crippen LogP contribution in [0.3, 0.4) is 0 Å². The largest absolute Gasteiger partial charge is 0.466 e. The van der Waals surface area contributed by atoms with Gasteiger partial charge in [-0.1, -0.05) is 6.42 Å². The first-order valence-electron chi connectivity index (χ1n) is 7.91. The Balaban J connectivity index is 1.61. The molecule has 4 nitrogen and oxygen atoms in total. The number of carbonyl (C=O) groups is 1. The van der Waals surface area contributed by atoms with Crippen molar-refractivity contribution in [2.24, 2.45) is 5.92 Å². The minimum absolute atomic E-state index is 0.0122. The van der Waals surface area contributed by atoms with Crippen LogP contribution in [-0.4, -0.2) is 61.6 Å². The van der Waals surface area contributed by atoms with Crippen LogP contribution in [0.2, 0.25) is 0 Å². The Labute approximate surface area is 117 Å². The predicted octanol–water partition coefficient (Wildman–Crippen LogP) is 1.75. The fraction of sp³-hybridized carbons (Fsp3) is 0.933. The van der Waals surface area contributed by atoms with E-state index in [1.165, 1.54) is 38.9 Å². The molecule has 2 aliphatic heterocycles. The van der Waals surface area contributed by atoms with Crippen LogP contribution in [0.25, 0.3) is 0 Å². The molecule has 2 fully saturated rings. The molecule has 0 aliphatic carbocycles. The summed E-state index contributed by atoms with van der Waals surface area (Å²) >= 11 is 0. The van der Waals surface area contributed by atoms with Crippen LogP contribution in [0, 0.1) is 5.92 Å². The van der Waals surface area contributed by atoms with E-state index in [-0.39, 0.29) is 11.9 Å². The highest BCUT2D eigenvalue weighted by Crippen LogP contribution is 2.18. The molecule has 19 heavy (non-hydrogen) atoms. The highest BCUT2D eigenvalue weighted by atomic mass is 16.5. The molecule has 4 heteroatoms. The summed E-state index contributed by atoms with van der Waals surface area (Å²) in [6.07, 6.45) is 6.08. The second-order valence-electron chi connectivity index (χ2n) is 5.77. The molecule has 2 aliphatic rings. The van der Waals surface area contributed by atoms with E-state index in [9.17, 15) is 4.79 Å². The summed E-state index contributed by atoms with van der Waals surface area (Å²) in [4.78, 5) is 16.7. The van der Waals surface area contributed by atoms with Crippen molar-refractivity contribution in [1.29, 1.82) is 0 Å². The molecule has 0 aromatic rings. The lowest BCUT2D eigenvalue weighted by atomic mass is 9.97. The number of hydrogen-bond acceptors (Lipinski definition) is 4. The summed E-state index contributed by atoms with van der Waals surface area (Å²) in [6.45, 7) is 9.41. The Morgan fingerprint density at radius 3 is 2.16 bits per heavy atom. The minimum Gasteiger partial charge on any atom is -0.466 e. The van der Waals surface area contributed by atoms with E-state index in [2.05, 4.69) is 9.80 Å². The van der Waals surface area contributed by atoms with Crippen molar-refractivity contribution in [3.8, 4) is 0 Å². The normalized spacial score (nSPS) is 23.4. The van der Waals surface area contributed by atoms with Crippen LogP contribution >= 0.6 is 0 Å². The Morgan fingerprint density at radius 1 is 1.00 bits per heavy atom. The van der Waals surface area contributed by atoms with Crippen LogP contribution in [-0.2, 0) is 9.53 Å². The lowest BCUT2D eigenvalue weighted by Crippen LogP contribution is -2.42. The lowest BCUT2D eigenvalue weighted by molar-refractivity contribution is -0.149. The van der Waals surface area contributed by atoms with Crippen molar-refractivity contribution >= 4 is 5.97 Å². The molecule has 0 bridgehead atoms. The van der Waals surface area contributed by atoms with E-state index in [0.717, 1.165) is 32.5 Å². The zero-order valence-corrected chi connectivity index (χ0v) is 12.3. The average molecular weight is 268 g/mol. The molecular formula is C15H28N2O2. The lowest BCUT2D eigenvalue weighted by Gasteiger charge is -2.33. The zero-order chi connectivity index (χ0) is 13.5. The van der Waals surface area contributed by atoms with Gasteiger partial charge < -0.3 is 14.5 Å². The van der Waals surface area contributed by atoms with Crippen LogP contribution in [0.4, 0.5) is 0 Å². The first-order valence-corrected chi connectivity index (χ1v) is 7.91. The van der Waals surface area contributed by atoms with Crippen LogP contribution in [0.15, 0.2) is 0 Å². The van der Waals surface area contributed by atoms with Crippen molar-refractivity contribution in [3.63, 3.8) is 0 Å². The number of nitrogens with zero attached hydrogens (tertiary/aromatic N) is 2. The molecule has 0 atom stereocenters. The van der Waals surface area contributed by atoms with Gasteiger partial charge in [0.2, 0.25) is 0 Å². The Hall–Kier alpha value is -0.610. The predicted molar refractivity (Wildman–Crippen MR) is 76.1 cm³/mol. The minimum atomic E-state index is 0.0122. The van der Waals surface area contributed by atoms with Gasteiger partial charge in [-0.2, -0.15) is 0 Å². The molecule has 0 aromatic heterocycles. The first kappa shape index (κ1) is 14.8. The molecule has 0 N–H and O–H groups in total. The van der Waals surface area contributed by atoms with Crippen molar-refractivity contribution in [2.45, 2.75) is 39.0 Å². The smallest absolute Gasteiger partial charge is 0.309 e. The maximum absolute atomic E-state index is 11.7. The highest BCUT2D eigenvalue weighted by Gasteiger charge is 2.25. The molecular weight excluding hydrogens is 240 g/mol. The van der Waals surface area contributed by atoms with Gasteiger partial charge in [-0.3, -0.25) is 4.79 Å². The van der Waals surface area contributed by atoms with Gasteiger partial charge in [0.05, 0.1) is 12.5 Å². The second kappa shape index (κ2) is 7.85. The maximum atomic E-state index is 11.7. The number of piperidine rings is 2. The van der Waals surface area contributed by atoms with Gasteiger partial charge in [0, 0.05) is 13.1 Å². The van der Waals surface area contributed by atoms with E-state index in [4.69, 9.17) is 4.74 Å². The van der Waals surface area contributed by atoms with Crippen LogP contribution in [0.5, 0.6) is 0 Å². The van der Waals surface area contributed by atoms with Crippen molar-refractivity contribution in [2.75, 3.05) is 45.9 Å². The van der Waals surface area contributed by atoms with Crippen LogP contribution in [0.1, 0.15) is 39.0 Å². The van der Waals surface area contributed by atoms with Crippen molar-refractivity contribution < 1.29 is 9.53 Å². The Bertz CT molecular complexity index is 269. The quantitative estimate of drug-likeness (QED) is 0.711. The van der Waals surface area contributed by atoms with E-state index in [0.29, 0.717) is 6.61 Å². The summed E-state index contributed by atoms with van der Waals surface area (Å²) in [6, 6.07) is 0. The Kier molecular flexibility index (Phi) is 6.11. The van der Waals surface area contributed by atoms with Crippen molar-refractivity contribution in [1.82, 2.24) is 9.80 Å². The van der Waals surface area contributed by atoms with Crippen molar-refractivity contribution in [3.05, 3.63) is 0 Å². The molecule has 0 radical (unpaired) electrons. The fourth-order valence-corrected chi connectivity index (χ4v) is 3.12. The molecule has 0 aromatic carbocycles. The third-order valence-electron chi connectivity index (χ3n) is 4.39. The van der Waals surface area contributed by atoms with E-state index in [1.807, 2.05) is 6.92 Å². The fourth-order valence-electron chi connectivity index (χ4n) is 3.12. The molecule has 0 saturated carbocycles. The highest BCUT2D eigenvalue weighted by molar-refractivity contribution is 5.72. The molecule has 0 amide bonds. The number of likely N-dealkylation sites (tertiary alicyclic amines) is 2. The first-order chi connectivity index (χ1) is 9.29. The summed E-state index contributed by atoms with van der Waals surface area (Å²) in [5, 5.41) is 0. The van der Waals surface area contributed by atoms with Gasteiger partial charge >= 0.3 is 5.97 Å². The van der Waals surface area contributed by atoms with Gasteiger partial charge in [0.15, 0.2) is 0 Å². The second-order valence-corrected chi connectivity index (χ2v) is 5.77. The molecule has 110 valence electrons. The Morgan fingerprint density at radius 2 is 1.58 bits per heavy atom. The number of rotatable bonds is 5. The van der Waals surface area contributed by atoms with E-state index in [1.54, 1.807) is 0 Å². The number of hydrogen-bond donors (Lipinski definition) is 0. The van der Waals surface area contributed by atoms with Gasteiger partial charge in [0.25, 0.3) is 0 Å². The summed E-state index contributed by atoms with van der Waals surface area (Å²) in [7, 11) is 0. The summed E-state index contributed by atoms with van der Waals surface area (Å²) in [5.41, 5.74) is 0. The van der Waals surface area contributed by atoms with Gasteiger partial charge in [-0.25, -0.2) is 0 Å². The number of ether oxygens (including phenoxy) is 1. The molecule has 0 spiro atoms. The molecule has 0 unspecified atom stereocenters. The number of carbonyl (C=O) groups excluding carboxylic acids is 1. The number of esters is 1. The molecule has 2 rings (SSSR count). The third kappa shape index (κ3) is 4.77. The monoisotopic (exact) mass is 268 g/mol. The SMILES string of the molecule is CCOC(=O)C1CCN(CCN2CCCCC2)CC1. The standard InChI is InChI=1S/C15H28N2O2/c1-2-19-15(18)14-6-10-17(11-7-14)13-12-16-8-4-3-5-9-16/h14H,2-13H2,1H3. The van der Waals surface area contributed by atoms with Gasteiger partial charge in [-0.05, 0) is 58.8 Å². The van der Waals surface area contributed by atoms with E-state index < -0.39 is 0 Å². The molecule has 2 saturated heterocycles. The van der Waals surface area contributed by atoms with Gasteiger partial charge in [-0.15, -0.1) is 0 Å². The van der Waals surface area contributed by atoms with Crippen LogP contribution < -0.4 is 0 Å². The molecule has 2 heterocycles. The van der Waals surface area contributed by atoms with Gasteiger partial charge in [0.1, 0.15) is 0 Å². The summed E-state index contributed by atoms with van der Waals surface area (Å²) < 4.78 is 5.11. The third-order valence-corrected chi connectivity index (χ3v) is 4.39. The summed E-state index contributed by atoms with van der Waals surface area (Å²) in [5.74, 6) is 0.157. The topological polar surface area (TPSA) is 32.8 Å². The zero-order valence-electron chi connectivity index (χ0n) is 12.3. The van der Waals surface area contributed by atoms with E-state index >= 15 is 0 Å².